The van der Waals surface area contributed by atoms with Crippen molar-refractivity contribution < 1.29 is 14.0 Å². The van der Waals surface area contributed by atoms with Crippen molar-refractivity contribution >= 4 is 29.1 Å². The van der Waals surface area contributed by atoms with Crippen molar-refractivity contribution in [2.75, 3.05) is 18.8 Å². The Morgan fingerprint density at radius 2 is 1.90 bits per heavy atom. The molecule has 1 atom stereocenters. The largest absolute Gasteiger partial charge is 0.384 e. The molecule has 0 saturated heterocycles. The summed E-state index contributed by atoms with van der Waals surface area (Å²) in [5, 5.41) is 5.90. The first kappa shape index (κ1) is 25.5. The standard InChI is InChI=1S/C20H24ClFN4O2.C2H6/c1-3-15(25-10-9-17(27)24-4-2)13-6-7-14(21)18(19(13)22)20(28)12-5-8-16(23)26-11-12;1-2/h5-8,11,15,25H,3-4,9-10H2,1-2H3,(H2,23,26)(H,24,27);1-2H3. The summed E-state index contributed by atoms with van der Waals surface area (Å²) < 4.78 is 15.2. The Bertz CT molecular complexity index is 844. The van der Waals surface area contributed by atoms with Gasteiger partial charge in [0.2, 0.25) is 5.91 Å². The minimum atomic E-state index is -0.674. The molecule has 0 aliphatic rings. The molecule has 30 heavy (non-hydrogen) atoms. The van der Waals surface area contributed by atoms with Gasteiger partial charge in [-0.1, -0.05) is 38.4 Å². The van der Waals surface area contributed by atoms with E-state index < -0.39 is 11.6 Å². The van der Waals surface area contributed by atoms with Crippen LogP contribution >= 0.6 is 11.6 Å². The molecule has 4 N–H and O–H groups in total. The van der Waals surface area contributed by atoms with Crippen molar-refractivity contribution in [2.45, 2.75) is 46.6 Å². The van der Waals surface area contributed by atoms with Crippen LogP contribution in [0.25, 0.3) is 0 Å². The Labute approximate surface area is 182 Å². The predicted octanol–water partition coefficient (Wildman–Crippen LogP) is 4.28. The van der Waals surface area contributed by atoms with Gasteiger partial charge in [-0.25, -0.2) is 9.37 Å². The smallest absolute Gasteiger partial charge is 0.221 e. The van der Waals surface area contributed by atoms with E-state index in [1.807, 2.05) is 27.7 Å². The molecule has 0 saturated carbocycles. The molecule has 2 rings (SSSR count). The van der Waals surface area contributed by atoms with Crippen LogP contribution in [0.2, 0.25) is 5.02 Å². The lowest BCUT2D eigenvalue weighted by molar-refractivity contribution is -0.120. The number of carbonyl (C=O) groups is 2. The molecule has 0 aliphatic carbocycles. The van der Waals surface area contributed by atoms with E-state index in [1.165, 1.54) is 24.4 Å². The first-order valence-corrected chi connectivity index (χ1v) is 10.5. The van der Waals surface area contributed by atoms with Gasteiger partial charge in [-0.2, -0.15) is 0 Å². The Hall–Kier alpha value is -2.51. The van der Waals surface area contributed by atoms with Gasteiger partial charge in [0.1, 0.15) is 11.6 Å². The topological polar surface area (TPSA) is 97.1 Å². The normalized spacial score (nSPS) is 11.3. The van der Waals surface area contributed by atoms with Crippen molar-refractivity contribution in [3.05, 3.63) is 58.0 Å². The molecule has 2 aromatic rings. The van der Waals surface area contributed by atoms with Crippen molar-refractivity contribution in [2.24, 2.45) is 0 Å². The minimum Gasteiger partial charge on any atom is -0.384 e. The number of nitrogens with one attached hydrogen (secondary N) is 2. The second-order valence-corrected chi connectivity index (χ2v) is 6.65. The number of hydrogen-bond acceptors (Lipinski definition) is 5. The van der Waals surface area contributed by atoms with Gasteiger partial charge in [0.05, 0.1) is 10.6 Å². The van der Waals surface area contributed by atoms with Crippen LogP contribution in [0.15, 0.2) is 30.5 Å². The minimum absolute atomic E-state index is 0.0280. The summed E-state index contributed by atoms with van der Waals surface area (Å²) in [7, 11) is 0. The number of aromatic nitrogens is 1. The molecule has 1 unspecified atom stereocenters. The first-order valence-electron chi connectivity index (χ1n) is 10.1. The fraction of sp³-hybridized carbons (Fsp3) is 0.409. The number of amides is 1. The highest BCUT2D eigenvalue weighted by Gasteiger charge is 2.24. The zero-order valence-electron chi connectivity index (χ0n) is 17.9. The number of pyridine rings is 1. The predicted molar refractivity (Wildman–Crippen MR) is 119 cm³/mol. The number of ketones is 1. The number of anilines is 1. The molecule has 1 aromatic carbocycles. The van der Waals surface area contributed by atoms with Crippen LogP contribution in [0.4, 0.5) is 10.2 Å². The van der Waals surface area contributed by atoms with Crippen molar-refractivity contribution in [3.63, 3.8) is 0 Å². The number of benzene rings is 1. The van der Waals surface area contributed by atoms with Gasteiger partial charge in [-0.05, 0) is 31.5 Å². The van der Waals surface area contributed by atoms with Crippen LogP contribution in [-0.2, 0) is 4.79 Å². The number of nitrogens with zero attached hydrogens (tertiary/aromatic N) is 1. The fourth-order valence-electron chi connectivity index (χ4n) is 2.85. The maximum absolute atomic E-state index is 15.2. The maximum Gasteiger partial charge on any atom is 0.221 e. The van der Waals surface area contributed by atoms with E-state index in [0.717, 1.165) is 0 Å². The van der Waals surface area contributed by atoms with Crippen molar-refractivity contribution in [1.29, 1.82) is 0 Å². The first-order chi connectivity index (χ1) is 14.4. The number of nitrogens with two attached hydrogens (primary N) is 1. The quantitative estimate of drug-likeness (QED) is 0.510. The van der Waals surface area contributed by atoms with Crippen LogP contribution in [-0.4, -0.2) is 29.8 Å². The van der Waals surface area contributed by atoms with Crippen molar-refractivity contribution in [1.82, 2.24) is 15.6 Å². The van der Waals surface area contributed by atoms with E-state index >= 15 is 4.39 Å². The highest BCUT2D eigenvalue weighted by Crippen LogP contribution is 2.29. The van der Waals surface area contributed by atoms with Gasteiger partial charge in [-0.15, -0.1) is 0 Å². The van der Waals surface area contributed by atoms with Crippen molar-refractivity contribution in [3.8, 4) is 0 Å². The molecule has 1 amide bonds. The van der Waals surface area contributed by atoms with E-state index in [4.69, 9.17) is 17.3 Å². The van der Waals surface area contributed by atoms with Crippen LogP contribution in [0.5, 0.6) is 0 Å². The third kappa shape index (κ3) is 6.78. The molecule has 0 bridgehead atoms. The molecule has 0 spiro atoms. The second kappa shape index (κ2) is 12.9. The average molecular weight is 437 g/mol. The van der Waals surface area contributed by atoms with E-state index in [0.29, 0.717) is 25.1 Å². The summed E-state index contributed by atoms with van der Waals surface area (Å²) in [6.07, 6.45) is 2.15. The zero-order valence-corrected chi connectivity index (χ0v) is 18.6. The van der Waals surface area contributed by atoms with Gasteiger partial charge in [0.25, 0.3) is 0 Å². The summed E-state index contributed by atoms with van der Waals surface area (Å²) >= 11 is 6.13. The Kier molecular flexibility index (Phi) is 11.0. The van der Waals surface area contributed by atoms with Crippen LogP contribution in [0, 0.1) is 5.82 Å². The number of rotatable bonds is 9. The van der Waals surface area contributed by atoms with Gasteiger partial charge >= 0.3 is 0 Å². The molecule has 0 aliphatic heterocycles. The fourth-order valence-corrected chi connectivity index (χ4v) is 3.08. The van der Waals surface area contributed by atoms with Crippen LogP contribution < -0.4 is 16.4 Å². The second-order valence-electron chi connectivity index (χ2n) is 6.24. The number of hydrogen-bond donors (Lipinski definition) is 3. The highest BCUT2D eigenvalue weighted by atomic mass is 35.5. The summed E-state index contributed by atoms with van der Waals surface area (Å²) in [6.45, 7) is 8.69. The molecular weight excluding hydrogens is 407 g/mol. The van der Waals surface area contributed by atoms with E-state index in [1.54, 1.807) is 6.07 Å². The summed E-state index contributed by atoms with van der Waals surface area (Å²) in [6, 6.07) is 5.66. The maximum atomic E-state index is 15.2. The molecule has 0 fully saturated rings. The lowest BCUT2D eigenvalue weighted by Gasteiger charge is -2.20. The van der Waals surface area contributed by atoms with Crippen LogP contribution in [0.3, 0.4) is 0 Å². The lowest BCUT2D eigenvalue weighted by Crippen LogP contribution is -2.29. The van der Waals surface area contributed by atoms with E-state index in [2.05, 4.69) is 15.6 Å². The molecule has 0 radical (unpaired) electrons. The molecule has 8 heteroatoms. The van der Waals surface area contributed by atoms with Crippen LogP contribution in [0.1, 0.15) is 68.1 Å². The third-order valence-corrected chi connectivity index (χ3v) is 4.61. The highest BCUT2D eigenvalue weighted by molar-refractivity contribution is 6.35. The Morgan fingerprint density at radius 3 is 2.47 bits per heavy atom. The van der Waals surface area contributed by atoms with Gasteiger partial charge in [-0.3, -0.25) is 9.59 Å². The molecule has 164 valence electrons. The number of carbonyl (C=O) groups excluding carboxylic acids is 2. The average Bonchev–Trinajstić information content (AvgIpc) is 2.74. The molecule has 1 aromatic heterocycles. The SMILES string of the molecule is CC.CCNC(=O)CCNC(CC)c1ccc(Cl)c(C(=O)c2ccc(N)nc2)c1F. The van der Waals surface area contributed by atoms with Gasteiger partial charge in [0.15, 0.2) is 5.78 Å². The van der Waals surface area contributed by atoms with E-state index in [9.17, 15) is 9.59 Å². The van der Waals surface area contributed by atoms with Gasteiger partial charge in [0, 0.05) is 42.9 Å². The molecule has 1 heterocycles. The summed E-state index contributed by atoms with van der Waals surface area (Å²) in [5.41, 5.74) is 5.86. The zero-order chi connectivity index (χ0) is 22.7. The number of halogens is 2. The lowest BCUT2D eigenvalue weighted by atomic mass is 9.96. The summed E-state index contributed by atoms with van der Waals surface area (Å²) in [5.74, 6) is -1.05. The molecular formula is C22H30ClFN4O2. The monoisotopic (exact) mass is 436 g/mol. The van der Waals surface area contributed by atoms with E-state index in [-0.39, 0.29) is 40.3 Å². The molecule has 6 nitrogen and oxygen atoms in total. The summed E-state index contributed by atoms with van der Waals surface area (Å²) in [4.78, 5) is 28.2. The number of nitrogen functional groups attached to an aromatic ring is 1. The third-order valence-electron chi connectivity index (χ3n) is 4.30. The van der Waals surface area contributed by atoms with Gasteiger partial charge < -0.3 is 16.4 Å². The Balaban J connectivity index is 0.00000218. The Morgan fingerprint density at radius 1 is 1.20 bits per heavy atom.